The summed E-state index contributed by atoms with van der Waals surface area (Å²) in [5.41, 5.74) is 0.856. The molecule has 0 atom stereocenters. The Labute approximate surface area is 193 Å². The Balaban J connectivity index is 1.63. The molecule has 0 saturated heterocycles. The number of carbonyl (C=O) groups is 1. The molecule has 0 unspecified atom stereocenters. The second-order valence-corrected chi connectivity index (χ2v) is 7.53. The van der Waals surface area contributed by atoms with Crippen LogP contribution in [0.4, 0.5) is 29.3 Å². The number of hydrogen-bond acceptors (Lipinski definition) is 4. The average molecular weight is 467 g/mol. The highest BCUT2D eigenvalue weighted by atomic mass is 19.1. The van der Waals surface area contributed by atoms with Crippen molar-refractivity contribution in [3.05, 3.63) is 84.2 Å². The van der Waals surface area contributed by atoms with E-state index < -0.39 is 23.5 Å². The van der Waals surface area contributed by atoms with Crippen LogP contribution in [-0.4, -0.2) is 26.9 Å². The highest BCUT2D eigenvalue weighted by Gasteiger charge is 2.19. The lowest BCUT2D eigenvalue weighted by Crippen LogP contribution is -2.20. The van der Waals surface area contributed by atoms with E-state index in [-0.39, 0.29) is 29.2 Å². The van der Waals surface area contributed by atoms with Crippen LogP contribution in [0.2, 0.25) is 0 Å². The van der Waals surface area contributed by atoms with Crippen molar-refractivity contribution in [1.29, 1.82) is 0 Å². The smallest absolute Gasteiger partial charge is 0.336 e. The molecule has 4 aromatic rings. The number of rotatable bonds is 6. The van der Waals surface area contributed by atoms with E-state index in [0.717, 1.165) is 12.1 Å². The molecule has 0 fully saturated rings. The van der Waals surface area contributed by atoms with Crippen molar-refractivity contribution in [1.82, 2.24) is 14.8 Å². The summed E-state index contributed by atoms with van der Waals surface area (Å²) in [6, 6.07) is 14.8. The maximum Gasteiger partial charge on any atom is 0.336 e. The van der Waals surface area contributed by atoms with Gasteiger partial charge in [0, 0.05) is 11.8 Å². The summed E-state index contributed by atoms with van der Waals surface area (Å²) in [6.07, 6.45) is -0.201. The van der Waals surface area contributed by atoms with Crippen LogP contribution in [0.15, 0.2) is 66.7 Å². The van der Waals surface area contributed by atoms with Gasteiger partial charge in [0.2, 0.25) is 0 Å². The van der Waals surface area contributed by atoms with Crippen molar-refractivity contribution in [2.24, 2.45) is 0 Å². The van der Waals surface area contributed by atoms with Crippen molar-refractivity contribution in [3.63, 3.8) is 0 Å². The predicted octanol–water partition coefficient (Wildman–Crippen LogP) is 5.78. The van der Waals surface area contributed by atoms with Gasteiger partial charge in [-0.3, -0.25) is 0 Å². The molecule has 0 aliphatic heterocycles. The fraction of sp³-hybridized carbons (Fsp3) is 0.125. The normalized spacial score (nSPS) is 10.9. The Kier molecular flexibility index (Phi) is 6.48. The van der Waals surface area contributed by atoms with E-state index in [1.54, 1.807) is 42.5 Å². The Morgan fingerprint density at radius 3 is 2.47 bits per heavy atom. The number of anilines is 2. The lowest BCUT2D eigenvalue weighted by atomic mass is 10.2. The van der Waals surface area contributed by atoms with E-state index in [1.807, 2.05) is 13.8 Å². The van der Waals surface area contributed by atoms with Gasteiger partial charge in [-0.2, -0.15) is 4.98 Å². The lowest BCUT2D eigenvalue weighted by molar-refractivity contribution is 0.222. The van der Waals surface area contributed by atoms with Gasteiger partial charge in [0.15, 0.2) is 5.82 Å². The first-order valence-corrected chi connectivity index (χ1v) is 10.3. The molecule has 3 aromatic carbocycles. The summed E-state index contributed by atoms with van der Waals surface area (Å²) in [5.74, 6) is -1.93. The molecule has 34 heavy (non-hydrogen) atoms. The second kappa shape index (κ2) is 9.65. The van der Waals surface area contributed by atoms with Crippen LogP contribution in [0.5, 0.6) is 6.01 Å². The van der Waals surface area contributed by atoms with E-state index in [2.05, 4.69) is 20.7 Å². The molecule has 1 aromatic heterocycles. The van der Waals surface area contributed by atoms with Gasteiger partial charge >= 0.3 is 12.0 Å². The third kappa shape index (κ3) is 5.17. The van der Waals surface area contributed by atoms with Gasteiger partial charge in [0.25, 0.3) is 0 Å². The number of nitrogens with zero attached hydrogens (tertiary/aromatic N) is 3. The molecule has 1 heterocycles. The number of halogens is 3. The lowest BCUT2D eigenvalue weighted by Gasteiger charge is -2.11. The van der Waals surface area contributed by atoms with Crippen molar-refractivity contribution >= 4 is 17.4 Å². The first kappa shape index (κ1) is 22.8. The van der Waals surface area contributed by atoms with Gasteiger partial charge in [0.1, 0.15) is 17.5 Å². The van der Waals surface area contributed by atoms with Gasteiger partial charge in [-0.1, -0.05) is 18.2 Å². The zero-order valence-corrected chi connectivity index (χ0v) is 18.2. The molecule has 0 radical (unpaired) electrons. The second-order valence-electron chi connectivity index (χ2n) is 7.53. The fourth-order valence-electron chi connectivity index (χ4n) is 3.14. The summed E-state index contributed by atoms with van der Waals surface area (Å²) in [6.45, 7) is 3.63. The molecule has 0 saturated carbocycles. The maximum absolute atomic E-state index is 14.5. The Morgan fingerprint density at radius 1 is 0.941 bits per heavy atom. The summed E-state index contributed by atoms with van der Waals surface area (Å²) in [5, 5.41) is 9.24. The van der Waals surface area contributed by atoms with E-state index in [0.29, 0.717) is 17.4 Å². The number of nitrogens with one attached hydrogen (secondary N) is 2. The number of aromatic nitrogens is 3. The minimum Gasteiger partial charge on any atom is -0.460 e. The Bertz CT molecular complexity index is 1340. The van der Waals surface area contributed by atoms with E-state index in [1.165, 1.54) is 10.7 Å². The molecule has 0 aliphatic rings. The number of urea groups is 1. The molecule has 10 heteroatoms. The van der Waals surface area contributed by atoms with Crippen molar-refractivity contribution in [2.75, 3.05) is 10.6 Å². The quantitative estimate of drug-likeness (QED) is 0.377. The highest BCUT2D eigenvalue weighted by molar-refractivity contribution is 6.00. The number of hydrogen-bond donors (Lipinski definition) is 2. The van der Waals surface area contributed by atoms with Gasteiger partial charge < -0.3 is 15.4 Å². The fourth-order valence-corrected chi connectivity index (χ4v) is 3.14. The van der Waals surface area contributed by atoms with Crippen LogP contribution in [-0.2, 0) is 0 Å². The molecule has 0 spiro atoms. The first-order valence-electron chi connectivity index (χ1n) is 10.3. The third-order valence-electron chi connectivity index (χ3n) is 4.57. The summed E-state index contributed by atoms with van der Waals surface area (Å²) in [7, 11) is 0. The molecular formula is C24H20F3N5O2. The predicted molar refractivity (Wildman–Crippen MR) is 122 cm³/mol. The van der Waals surface area contributed by atoms with Crippen LogP contribution in [0.3, 0.4) is 0 Å². The average Bonchev–Trinajstić information content (AvgIpc) is 3.19. The largest absolute Gasteiger partial charge is 0.460 e. The first-order chi connectivity index (χ1) is 16.3. The van der Waals surface area contributed by atoms with Crippen LogP contribution in [0, 0.1) is 17.5 Å². The van der Waals surface area contributed by atoms with Crippen LogP contribution in [0.1, 0.15) is 13.8 Å². The number of benzene rings is 3. The topological polar surface area (TPSA) is 81.1 Å². The van der Waals surface area contributed by atoms with Crippen molar-refractivity contribution in [3.8, 4) is 23.1 Å². The zero-order valence-electron chi connectivity index (χ0n) is 18.2. The zero-order chi connectivity index (χ0) is 24.2. The molecular weight excluding hydrogens is 447 g/mol. The van der Waals surface area contributed by atoms with Gasteiger partial charge in [-0.25, -0.2) is 22.6 Å². The Hall–Kier alpha value is -4.34. The highest BCUT2D eigenvalue weighted by Crippen LogP contribution is 2.27. The molecule has 2 amide bonds. The van der Waals surface area contributed by atoms with Gasteiger partial charge in [-0.15, -0.1) is 5.10 Å². The number of amides is 2. The van der Waals surface area contributed by atoms with Crippen LogP contribution >= 0.6 is 0 Å². The monoisotopic (exact) mass is 467 g/mol. The van der Waals surface area contributed by atoms with E-state index in [4.69, 9.17) is 4.74 Å². The van der Waals surface area contributed by atoms with E-state index in [9.17, 15) is 18.0 Å². The minimum atomic E-state index is -0.904. The number of ether oxygens (including phenoxy) is 1. The molecule has 4 rings (SSSR count). The van der Waals surface area contributed by atoms with E-state index >= 15 is 0 Å². The molecule has 174 valence electrons. The summed E-state index contributed by atoms with van der Waals surface area (Å²) in [4.78, 5) is 16.7. The Morgan fingerprint density at radius 2 is 1.74 bits per heavy atom. The summed E-state index contributed by atoms with van der Waals surface area (Å²) >= 11 is 0. The summed E-state index contributed by atoms with van der Waals surface area (Å²) < 4.78 is 48.4. The van der Waals surface area contributed by atoms with Gasteiger partial charge in [0.05, 0.1) is 23.0 Å². The molecule has 2 N–H and O–H groups in total. The van der Waals surface area contributed by atoms with Crippen molar-refractivity contribution < 1.29 is 22.7 Å². The maximum atomic E-state index is 14.5. The van der Waals surface area contributed by atoms with Crippen molar-refractivity contribution in [2.45, 2.75) is 20.0 Å². The molecule has 7 nitrogen and oxygen atoms in total. The third-order valence-corrected chi connectivity index (χ3v) is 4.57. The molecule has 0 bridgehead atoms. The standard InChI is InChI=1S/C24H20F3N5O2/c1-14(2)34-24-30-22(18-8-3-4-9-19(18)26)32(31-24)17-7-5-6-16(13-17)28-23(33)29-21-11-10-15(25)12-20(21)27/h3-14H,1-2H3,(H2,28,29,33). The van der Waals surface area contributed by atoms with Crippen LogP contribution < -0.4 is 15.4 Å². The number of carbonyl (C=O) groups excluding carboxylic acids is 1. The minimum absolute atomic E-state index is 0.0659. The molecule has 0 aliphatic carbocycles. The SMILES string of the molecule is CC(C)Oc1nc(-c2ccccc2F)n(-c2cccc(NC(=O)Nc3ccc(F)cc3F)c2)n1. The van der Waals surface area contributed by atoms with Gasteiger partial charge in [-0.05, 0) is 56.3 Å². The van der Waals surface area contributed by atoms with Crippen LogP contribution in [0.25, 0.3) is 17.1 Å².